The zero-order valence-corrected chi connectivity index (χ0v) is 15.7. The predicted molar refractivity (Wildman–Crippen MR) is 97.9 cm³/mol. The summed E-state index contributed by atoms with van der Waals surface area (Å²) in [6.07, 6.45) is 18.5. The summed E-state index contributed by atoms with van der Waals surface area (Å²) in [5.74, 6) is 0. The summed E-state index contributed by atoms with van der Waals surface area (Å²) in [5.41, 5.74) is 0. The van der Waals surface area contributed by atoms with Crippen LogP contribution in [0.1, 0.15) is 110 Å². The first kappa shape index (κ1) is 22.3. The number of carbonyl (C=O) groups excluding carboxylic acids is 1. The molecule has 0 amide bonds. The minimum Gasteiger partial charge on any atom is -0.434 e. The predicted octanol–water partition coefficient (Wildman–Crippen LogP) is 7.03. The highest BCUT2D eigenvalue weighted by Gasteiger charge is 2.02. The fraction of sp³-hybridized carbons (Fsp3) is 0.950. The number of hydrogen-bond donors (Lipinski definition) is 0. The average Bonchev–Trinajstić information content (AvgIpc) is 2.56. The SMILES string of the molecule is CCCCCCCCCCCCCCOC(=O)OCCCCC. The number of rotatable bonds is 17. The molecule has 0 aromatic carbocycles. The van der Waals surface area contributed by atoms with Crippen LogP contribution < -0.4 is 0 Å². The van der Waals surface area contributed by atoms with Crippen LogP contribution in [0.25, 0.3) is 0 Å². The van der Waals surface area contributed by atoms with Gasteiger partial charge in [0.1, 0.15) is 0 Å². The molecule has 23 heavy (non-hydrogen) atoms. The highest BCUT2D eigenvalue weighted by molar-refractivity contribution is 5.59. The molecule has 0 saturated carbocycles. The van der Waals surface area contributed by atoms with Gasteiger partial charge in [0.2, 0.25) is 0 Å². The molecular weight excluding hydrogens is 288 g/mol. The zero-order chi connectivity index (χ0) is 17.0. The van der Waals surface area contributed by atoms with E-state index < -0.39 is 6.16 Å². The third-order valence-electron chi connectivity index (χ3n) is 4.19. The Kier molecular flexibility index (Phi) is 18.7. The van der Waals surface area contributed by atoms with Gasteiger partial charge >= 0.3 is 6.16 Å². The molecule has 0 unspecified atom stereocenters. The number of hydrogen-bond acceptors (Lipinski definition) is 3. The molecule has 0 aliphatic carbocycles. The van der Waals surface area contributed by atoms with Crippen molar-refractivity contribution >= 4 is 6.16 Å². The van der Waals surface area contributed by atoms with E-state index in [1.54, 1.807) is 0 Å². The standard InChI is InChI=1S/C20H40O3/c1-3-5-7-8-9-10-11-12-13-14-15-17-19-23-20(21)22-18-16-6-4-2/h3-19H2,1-2H3. The molecule has 0 heterocycles. The lowest BCUT2D eigenvalue weighted by Gasteiger charge is -2.06. The highest BCUT2D eigenvalue weighted by Crippen LogP contribution is 2.11. The van der Waals surface area contributed by atoms with Crippen molar-refractivity contribution < 1.29 is 14.3 Å². The van der Waals surface area contributed by atoms with Gasteiger partial charge in [-0.3, -0.25) is 0 Å². The molecular formula is C20H40O3. The van der Waals surface area contributed by atoms with Gasteiger partial charge in [-0.2, -0.15) is 0 Å². The van der Waals surface area contributed by atoms with Crippen LogP contribution in [-0.4, -0.2) is 19.4 Å². The van der Waals surface area contributed by atoms with Crippen molar-refractivity contribution in [3.8, 4) is 0 Å². The minimum absolute atomic E-state index is 0.491. The summed E-state index contributed by atoms with van der Waals surface area (Å²) in [4.78, 5) is 11.3. The third kappa shape index (κ3) is 19.2. The highest BCUT2D eigenvalue weighted by atomic mass is 16.7. The maximum atomic E-state index is 11.3. The molecule has 0 fully saturated rings. The summed E-state index contributed by atoms with van der Waals surface area (Å²) in [7, 11) is 0. The smallest absolute Gasteiger partial charge is 0.434 e. The molecule has 138 valence electrons. The van der Waals surface area contributed by atoms with Crippen LogP contribution in [-0.2, 0) is 9.47 Å². The summed E-state index contributed by atoms with van der Waals surface area (Å²) < 4.78 is 10.0. The van der Waals surface area contributed by atoms with Crippen molar-refractivity contribution in [1.29, 1.82) is 0 Å². The molecule has 0 atom stereocenters. The molecule has 0 radical (unpaired) electrons. The topological polar surface area (TPSA) is 35.5 Å². The fourth-order valence-electron chi connectivity index (χ4n) is 2.65. The second-order valence-electron chi connectivity index (χ2n) is 6.54. The molecule has 3 nitrogen and oxygen atoms in total. The summed E-state index contributed by atoms with van der Waals surface area (Å²) in [6, 6.07) is 0. The van der Waals surface area contributed by atoms with E-state index in [2.05, 4.69) is 13.8 Å². The molecule has 0 aromatic rings. The van der Waals surface area contributed by atoms with E-state index in [1.807, 2.05) is 0 Å². The van der Waals surface area contributed by atoms with E-state index in [4.69, 9.17) is 9.47 Å². The number of ether oxygens (including phenoxy) is 2. The maximum absolute atomic E-state index is 11.3. The zero-order valence-electron chi connectivity index (χ0n) is 15.7. The van der Waals surface area contributed by atoms with Gasteiger partial charge in [-0.1, -0.05) is 97.3 Å². The summed E-state index contributed by atoms with van der Waals surface area (Å²) >= 11 is 0. The Morgan fingerprint density at radius 3 is 1.26 bits per heavy atom. The van der Waals surface area contributed by atoms with Crippen molar-refractivity contribution in [3.05, 3.63) is 0 Å². The lowest BCUT2D eigenvalue weighted by molar-refractivity contribution is 0.0530. The van der Waals surface area contributed by atoms with Gasteiger partial charge in [0, 0.05) is 0 Å². The molecule has 0 aromatic heterocycles. The molecule has 0 aliphatic rings. The summed E-state index contributed by atoms with van der Waals surface area (Å²) in [6.45, 7) is 5.39. The Hall–Kier alpha value is -0.730. The largest absolute Gasteiger partial charge is 0.508 e. The normalized spacial score (nSPS) is 10.7. The molecule has 0 spiro atoms. The van der Waals surface area contributed by atoms with Crippen LogP contribution >= 0.6 is 0 Å². The second kappa shape index (κ2) is 19.3. The van der Waals surface area contributed by atoms with Crippen LogP contribution in [0.3, 0.4) is 0 Å². The minimum atomic E-state index is -0.496. The van der Waals surface area contributed by atoms with Crippen molar-refractivity contribution in [2.24, 2.45) is 0 Å². The number of carbonyl (C=O) groups is 1. The second-order valence-corrected chi connectivity index (χ2v) is 6.54. The van der Waals surface area contributed by atoms with Crippen LogP contribution in [0.2, 0.25) is 0 Å². The average molecular weight is 329 g/mol. The van der Waals surface area contributed by atoms with Gasteiger partial charge in [-0.05, 0) is 12.8 Å². The van der Waals surface area contributed by atoms with E-state index in [-0.39, 0.29) is 0 Å². The Bertz CT molecular complexity index is 241. The van der Waals surface area contributed by atoms with E-state index in [1.165, 1.54) is 64.2 Å². The molecule has 3 heteroatoms. The monoisotopic (exact) mass is 328 g/mol. The van der Waals surface area contributed by atoms with Crippen molar-refractivity contribution in [2.45, 2.75) is 110 Å². The Balaban J connectivity index is 3.08. The van der Waals surface area contributed by atoms with Gasteiger partial charge < -0.3 is 9.47 Å². The van der Waals surface area contributed by atoms with E-state index in [9.17, 15) is 4.79 Å². The summed E-state index contributed by atoms with van der Waals surface area (Å²) in [5, 5.41) is 0. The van der Waals surface area contributed by atoms with Gasteiger partial charge in [0.15, 0.2) is 0 Å². The van der Waals surface area contributed by atoms with Crippen LogP contribution in [0.15, 0.2) is 0 Å². The lowest BCUT2D eigenvalue weighted by Crippen LogP contribution is -2.09. The van der Waals surface area contributed by atoms with Gasteiger partial charge in [-0.25, -0.2) is 4.79 Å². The van der Waals surface area contributed by atoms with Crippen LogP contribution in [0.5, 0.6) is 0 Å². The third-order valence-corrected chi connectivity index (χ3v) is 4.19. The van der Waals surface area contributed by atoms with Gasteiger partial charge in [-0.15, -0.1) is 0 Å². The van der Waals surface area contributed by atoms with Crippen molar-refractivity contribution in [2.75, 3.05) is 13.2 Å². The Morgan fingerprint density at radius 1 is 0.522 bits per heavy atom. The molecule has 0 rings (SSSR count). The Morgan fingerprint density at radius 2 is 0.826 bits per heavy atom. The first-order valence-electron chi connectivity index (χ1n) is 10.1. The van der Waals surface area contributed by atoms with Crippen molar-refractivity contribution in [3.63, 3.8) is 0 Å². The van der Waals surface area contributed by atoms with E-state index in [0.717, 1.165) is 32.1 Å². The van der Waals surface area contributed by atoms with Crippen molar-refractivity contribution in [1.82, 2.24) is 0 Å². The fourth-order valence-corrected chi connectivity index (χ4v) is 2.65. The maximum Gasteiger partial charge on any atom is 0.508 e. The molecule has 0 saturated heterocycles. The van der Waals surface area contributed by atoms with Crippen LogP contribution in [0.4, 0.5) is 4.79 Å². The molecule has 0 N–H and O–H groups in total. The van der Waals surface area contributed by atoms with E-state index in [0.29, 0.717) is 13.2 Å². The van der Waals surface area contributed by atoms with Gasteiger partial charge in [0.25, 0.3) is 0 Å². The van der Waals surface area contributed by atoms with Gasteiger partial charge in [0.05, 0.1) is 13.2 Å². The van der Waals surface area contributed by atoms with E-state index >= 15 is 0 Å². The van der Waals surface area contributed by atoms with Crippen LogP contribution in [0, 0.1) is 0 Å². The molecule has 0 aliphatic heterocycles. The Labute approximate surface area is 144 Å². The lowest BCUT2D eigenvalue weighted by atomic mass is 10.1. The number of unbranched alkanes of at least 4 members (excludes halogenated alkanes) is 13. The quantitative estimate of drug-likeness (QED) is 0.212. The first-order chi connectivity index (χ1) is 11.3. The first-order valence-corrected chi connectivity index (χ1v) is 10.1. The molecule has 0 bridgehead atoms.